The van der Waals surface area contributed by atoms with Crippen LogP contribution in [0.3, 0.4) is 0 Å². The Morgan fingerprint density at radius 3 is 0.439 bits per heavy atom. The second kappa shape index (κ2) is 34.7. The third-order valence-electron chi connectivity index (χ3n) is 7.35. The van der Waals surface area contributed by atoms with Crippen molar-refractivity contribution in [2.45, 2.75) is 111 Å². The number of hydrogen-bond donors (Lipinski definition) is 0. The molecule has 6 aromatic carbocycles. The maximum absolute atomic E-state index is 3.21. The van der Waals surface area contributed by atoms with Crippen LogP contribution in [0.4, 0.5) is 0 Å². The fraction of sp³-hybridized carbons (Fsp3) is 0.308. The van der Waals surface area contributed by atoms with E-state index in [1.165, 1.54) is 89.0 Å². The second-order valence-corrected chi connectivity index (χ2v) is 14.3. The van der Waals surface area contributed by atoms with Crippen molar-refractivity contribution in [1.82, 2.24) is 0 Å². The second-order valence-electron chi connectivity index (χ2n) is 14.3. The Bertz CT molecular complexity index is 1410. The Hall–Kier alpha value is -2.08. The van der Waals surface area contributed by atoms with Gasteiger partial charge in [-0.15, -0.1) is 0 Å². The molecule has 0 aliphatic heterocycles. The summed E-state index contributed by atoms with van der Waals surface area (Å²) in [5.74, 6) is 0. The average molecular weight is 1010 g/mol. The van der Waals surface area contributed by atoms with Crippen LogP contribution in [0.1, 0.15) is 89.0 Å². The molecule has 0 saturated carbocycles. The predicted molar refractivity (Wildman–Crippen MR) is 229 cm³/mol. The Kier molecular flexibility index (Phi) is 39.1. The molecule has 0 amide bonds. The molecule has 0 unspecified atom stereocenters. The first-order valence-corrected chi connectivity index (χ1v) is 18.2. The molecular formula is C52H63Cu5. The van der Waals surface area contributed by atoms with Gasteiger partial charge in [-0.3, -0.25) is 0 Å². The van der Waals surface area contributed by atoms with Crippen molar-refractivity contribution in [1.29, 1.82) is 0 Å². The molecule has 0 nitrogen and oxygen atoms in total. The van der Waals surface area contributed by atoms with Crippen LogP contribution in [0.25, 0.3) is 0 Å². The van der Waals surface area contributed by atoms with E-state index in [9.17, 15) is 0 Å². The van der Waals surface area contributed by atoms with Gasteiger partial charge in [-0.05, 0) is 6.92 Å². The molecule has 0 aromatic heterocycles. The number of rotatable bonds is 0. The van der Waals surface area contributed by atoms with Gasteiger partial charge in [0.05, 0.1) is 0 Å². The fourth-order valence-electron chi connectivity index (χ4n) is 6.07. The third-order valence-corrected chi connectivity index (χ3v) is 7.35. The van der Waals surface area contributed by atoms with Crippen LogP contribution in [0.15, 0.2) is 91.0 Å². The van der Waals surface area contributed by atoms with Gasteiger partial charge in [0.25, 0.3) is 0 Å². The standard InChI is InChI=1S/5C9H11.C7H8.5Cu/c5*1-7-4-8(2)6-9(3)5-7;1-7-5-3-2-4-6-7;;;;;/h5*4-5H,1-3H3;2-6H,1H3;;;;;/q5*-1;;5*+1. The van der Waals surface area contributed by atoms with Gasteiger partial charge >= 0.3 is 85.3 Å². The molecule has 0 heterocycles. The van der Waals surface area contributed by atoms with Gasteiger partial charge in [0.1, 0.15) is 0 Å². The van der Waals surface area contributed by atoms with Crippen LogP contribution in [-0.4, -0.2) is 0 Å². The van der Waals surface area contributed by atoms with E-state index in [2.05, 4.69) is 214 Å². The molecule has 0 atom stereocenters. The summed E-state index contributed by atoms with van der Waals surface area (Å²) in [6, 6.07) is 47.6. The van der Waals surface area contributed by atoms with Crippen LogP contribution in [-0.2, 0) is 85.3 Å². The van der Waals surface area contributed by atoms with Gasteiger partial charge in [0.15, 0.2) is 0 Å². The first-order valence-electron chi connectivity index (χ1n) is 18.2. The molecular weight excluding hydrogens is 942 g/mol. The summed E-state index contributed by atoms with van der Waals surface area (Å²) in [4.78, 5) is 0. The van der Waals surface area contributed by atoms with Crippen molar-refractivity contribution in [2.24, 2.45) is 0 Å². The maximum atomic E-state index is 3.21. The van der Waals surface area contributed by atoms with Crippen molar-refractivity contribution in [3.63, 3.8) is 0 Å². The Balaban J connectivity index is -0.000000187. The van der Waals surface area contributed by atoms with E-state index in [1.807, 2.05) is 18.2 Å². The first-order chi connectivity index (χ1) is 24.3. The summed E-state index contributed by atoms with van der Waals surface area (Å²) in [5.41, 5.74) is 20.2. The minimum atomic E-state index is 0. The predicted octanol–water partition coefficient (Wildman–Crippen LogP) is 14.0. The quantitative estimate of drug-likeness (QED) is 0.105. The van der Waals surface area contributed by atoms with Gasteiger partial charge < -0.3 is 0 Å². The number of aryl methyl sites for hydroxylation is 16. The van der Waals surface area contributed by atoms with E-state index in [4.69, 9.17) is 0 Å². The molecule has 0 aliphatic rings. The van der Waals surface area contributed by atoms with Crippen molar-refractivity contribution in [2.75, 3.05) is 0 Å². The van der Waals surface area contributed by atoms with Gasteiger partial charge in [0, 0.05) is 0 Å². The van der Waals surface area contributed by atoms with Gasteiger partial charge in [-0.25, -0.2) is 0 Å². The topological polar surface area (TPSA) is 0 Å². The smallest absolute Gasteiger partial charge is 0.177 e. The van der Waals surface area contributed by atoms with E-state index in [1.54, 1.807) is 0 Å². The average Bonchev–Trinajstić information content (AvgIpc) is 2.96. The van der Waals surface area contributed by atoms with E-state index in [-0.39, 0.29) is 85.3 Å². The molecule has 0 fully saturated rings. The third kappa shape index (κ3) is 33.4. The molecule has 0 N–H and O–H groups in total. The van der Waals surface area contributed by atoms with Crippen molar-refractivity contribution in [3.05, 3.63) is 210 Å². The largest absolute Gasteiger partial charge is 1.00 e. The Morgan fingerprint density at radius 1 is 0.211 bits per heavy atom. The summed E-state index contributed by atoms with van der Waals surface area (Å²) in [6.07, 6.45) is 0. The van der Waals surface area contributed by atoms with Crippen molar-refractivity contribution < 1.29 is 85.3 Å². The zero-order valence-electron chi connectivity index (χ0n) is 36.7. The monoisotopic (exact) mass is 1000 g/mol. The van der Waals surface area contributed by atoms with E-state index >= 15 is 0 Å². The summed E-state index contributed by atoms with van der Waals surface area (Å²) in [7, 11) is 0. The molecule has 0 spiro atoms. The summed E-state index contributed by atoms with van der Waals surface area (Å²) < 4.78 is 0. The summed E-state index contributed by atoms with van der Waals surface area (Å²) in [6.45, 7) is 33.3. The van der Waals surface area contributed by atoms with E-state index in [0.717, 1.165) is 0 Å². The summed E-state index contributed by atoms with van der Waals surface area (Å²) in [5, 5.41) is 0. The Morgan fingerprint density at radius 2 is 0.351 bits per heavy atom. The normalized spacial score (nSPS) is 8.70. The molecule has 326 valence electrons. The van der Waals surface area contributed by atoms with Crippen molar-refractivity contribution >= 4 is 0 Å². The van der Waals surface area contributed by atoms with E-state index in [0.29, 0.717) is 0 Å². The zero-order valence-corrected chi connectivity index (χ0v) is 41.4. The van der Waals surface area contributed by atoms with Crippen molar-refractivity contribution in [3.8, 4) is 0 Å². The molecule has 5 heteroatoms. The molecule has 6 rings (SSSR count). The van der Waals surface area contributed by atoms with E-state index < -0.39 is 0 Å². The fourth-order valence-corrected chi connectivity index (χ4v) is 6.07. The first kappa shape index (κ1) is 64.1. The Labute approximate surface area is 403 Å². The van der Waals surface area contributed by atoms with Crippen LogP contribution >= 0.6 is 0 Å². The van der Waals surface area contributed by atoms with Gasteiger partial charge in [0.2, 0.25) is 0 Å². The van der Waals surface area contributed by atoms with Gasteiger partial charge in [-0.1, -0.05) is 140 Å². The molecule has 6 aromatic rings. The number of benzene rings is 6. The van der Waals surface area contributed by atoms with Gasteiger partial charge in [-0.2, -0.15) is 174 Å². The van der Waals surface area contributed by atoms with Crippen LogP contribution in [0.5, 0.6) is 0 Å². The molecule has 0 saturated heterocycles. The molecule has 57 heavy (non-hydrogen) atoms. The van der Waals surface area contributed by atoms with Crippen LogP contribution < -0.4 is 0 Å². The minimum Gasteiger partial charge on any atom is -0.177 e. The molecule has 0 aliphatic carbocycles. The zero-order chi connectivity index (χ0) is 39.4. The molecule has 0 radical (unpaired) electrons. The SMILES string of the molecule is Cc1[c-]c(C)cc(C)c1.Cc1[c-]c(C)cc(C)c1.Cc1[c-]c(C)cc(C)c1.Cc1[c-]c(C)cc(C)c1.Cc1[c-]c(C)cc(C)c1.Cc1ccccc1.[Cu+].[Cu+].[Cu+].[Cu+].[Cu+]. The van der Waals surface area contributed by atoms with Crippen LogP contribution in [0, 0.1) is 141 Å². The minimum absolute atomic E-state index is 0. The molecule has 0 bridgehead atoms. The number of hydrogen-bond acceptors (Lipinski definition) is 0. The van der Waals surface area contributed by atoms with Crippen LogP contribution in [0.2, 0.25) is 0 Å². The summed E-state index contributed by atoms with van der Waals surface area (Å²) >= 11 is 0. The maximum Gasteiger partial charge on any atom is 1.00 e.